The van der Waals surface area contributed by atoms with Crippen LogP contribution in [-0.4, -0.2) is 45.8 Å². The lowest BCUT2D eigenvalue weighted by Crippen LogP contribution is -2.46. The average Bonchev–Trinajstić information content (AvgIpc) is 2.87. The normalized spacial score (nSPS) is 11.6. The van der Waals surface area contributed by atoms with Crippen LogP contribution in [0.25, 0.3) is 0 Å². The van der Waals surface area contributed by atoms with Gasteiger partial charge in [-0.25, -0.2) is 14.6 Å². The van der Waals surface area contributed by atoms with Gasteiger partial charge in [0.25, 0.3) is 0 Å². The second-order valence-corrected chi connectivity index (χ2v) is 4.67. The molecule has 0 aromatic carbocycles. The number of aliphatic carboxylic acids is 2. The highest BCUT2D eigenvalue weighted by atomic mass is 32.1. The van der Waals surface area contributed by atoms with E-state index >= 15 is 0 Å². The Morgan fingerprint density at radius 1 is 1.35 bits per heavy atom. The van der Waals surface area contributed by atoms with Crippen molar-refractivity contribution in [1.29, 1.82) is 0 Å². The number of carbonyl (C=O) groups is 3. The molecule has 4 N–H and O–H groups in total. The molecule has 9 heteroatoms. The second-order valence-electron chi connectivity index (χ2n) is 3.95. The average molecular weight is 301 g/mol. The molecule has 0 saturated carbocycles. The lowest BCUT2D eigenvalue weighted by Gasteiger charge is -2.14. The van der Waals surface area contributed by atoms with Gasteiger partial charge in [0.2, 0.25) is 0 Å². The van der Waals surface area contributed by atoms with Crippen molar-refractivity contribution in [2.24, 2.45) is 0 Å². The molecule has 110 valence electrons. The van der Waals surface area contributed by atoms with E-state index in [1.54, 1.807) is 5.51 Å². The molecule has 1 rings (SSSR count). The maximum atomic E-state index is 11.5. The van der Waals surface area contributed by atoms with Crippen molar-refractivity contribution in [3.8, 4) is 0 Å². The minimum Gasteiger partial charge on any atom is -0.481 e. The summed E-state index contributed by atoms with van der Waals surface area (Å²) in [4.78, 5) is 36.8. The third-order valence-corrected chi connectivity index (χ3v) is 3.04. The number of rotatable bonds is 8. The topological polar surface area (TPSA) is 129 Å². The van der Waals surface area contributed by atoms with Crippen LogP contribution in [0.5, 0.6) is 0 Å². The van der Waals surface area contributed by atoms with E-state index in [2.05, 4.69) is 15.6 Å². The molecule has 0 aliphatic heterocycles. The molecule has 0 unspecified atom stereocenters. The first-order valence-electron chi connectivity index (χ1n) is 5.85. The van der Waals surface area contributed by atoms with Gasteiger partial charge in [0.1, 0.15) is 6.04 Å². The van der Waals surface area contributed by atoms with Crippen LogP contribution in [0.3, 0.4) is 0 Å². The van der Waals surface area contributed by atoms with E-state index in [1.165, 1.54) is 11.3 Å². The molecule has 1 heterocycles. The van der Waals surface area contributed by atoms with Crippen molar-refractivity contribution in [1.82, 2.24) is 15.6 Å². The van der Waals surface area contributed by atoms with Gasteiger partial charge in [-0.15, -0.1) is 11.3 Å². The third-order valence-electron chi connectivity index (χ3n) is 2.40. The summed E-state index contributed by atoms with van der Waals surface area (Å²) in [6, 6.07) is -1.86. The molecule has 0 saturated heterocycles. The Kier molecular flexibility index (Phi) is 6.44. The molecule has 0 radical (unpaired) electrons. The fourth-order valence-electron chi connectivity index (χ4n) is 1.40. The first-order valence-corrected chi connectivity index (χ1v) is 6.79. The minimum atomic E-state index is -1.26. The monoisotopic (exact) mass is 301 g/mol. The fraction of sp³-hybridized carbons (Fsp3) is 0.455. The standard InChI is InChI=1S/C11H15N3O5S/c15-9(16)2-1-8(10(17)18)14-11(19)12-4-3-7-5-20-6-13-7/h5-6,8H,1-4H2,(H,15,16)(H,17,18)(H2,12,14,19)/t8-/m0/s1. The number of thiazole rings is 1. The highest BCUT2D eigenvalue weighted by Crippen LogP contribution is 2.01. The Morgan fingerprint density at radius 3 is 2.65 bits per heavy atom. The van der Waals surface area contributed by atoms with E-state index in [-0.39, 0.29) is 12.8 Å². The molecule has 8 nitrogen and oxygen atoms in total. The third kappa shape index (κ3) is 6.14. The summed E-state index contributed by atoms with van der Waals surface area (Å²) in [5, 5.41) is 23.9. The number of aromatic nitrogens is 1. The molecule has 0 aliphatic carbocycles. The summed E-state index contributed by atoms with van der Waals surface area (Å²) in [5.41, 5.74) is 2.53. The fourth-order valence-corrected chi connectivity index (χ4v) is 1.99. The van der Waals surface area contributed by atoms with Gasteiger partial charge in [-0.2, -0.15) is 0 Å². The van der Waals surface area contributed by atoms with Crippen LogP contribution >= 0.6 is 11.3 Å². The Balaban J connectivity index is 2.30. The SMILES string of the molecule is O=C(O)CC[C@H](NC(=O)NCCc1cscn1)C(=O)O. The smallest absolute Gasteiger partial charge is 0.326 e. The number of nitrogens with one attached hydrogen (secondary N) is 2. The van der Waals surface area contributed by atoms with Crippen molar-refractivity contribution >= 4 is 29.3 Å². The zero-order valence-electron chi connectivity index (χ0n) is 10.5. The minimum absolute atomic E-state index is 0.163. The molecular weight excluding hydrogens is 286 g/mol. The first kappa shape index (κ1) is 15.9. The number of amides is 2. The van der Waals surface area contributed by atoms with Crippen LogP contribution in [0.15, 0.2) is 10.9 Å². The molecule has 2 amide bonds. The van der Waals surface area contributed by atoms with Gasteiger partial charge in [-0.05, 0) is 6.42 Å². The number of nitrogens with zero attached hydrogens (tertiary/aromatic N) is 1. The van der Waals surface area contributed by atoms with Gasteiger partial charge in [0.15, 0.2) is 0 Å². The van der Waals surface area contributed by atoms with Crippen molar-refractivity contribution < 1.29 is 24.6 Å². The van der Waals surface area contributed by atoms with Crippen LogP contribution < -0.4 is 10.6 Å². The first-order chi connectivity index (χ1) is 9.49. The zero-order valence-corrected chi connectivity index (χ0v) is 11.4. The lowest BCUT2D eigenvalue weighted by molar-refractivity contribution is -0.140. The van der Waals surface area contributed by atoms with Gasteiger partial charge in [0, 0.05) is 24.8 Å². The molecule has 1 aromatic heterocycles. The summed E-state index contributed by atoms with van der Waals surface area (Å²) in [5.74, 6) is -2.37. The van der Waals surface area contributed by atoms with E-state index in [4.69, 9.17) is 10.2 Å². The van der Waals surface area contributed by atoms with Crippen LogP contribution in [-0.2, 0) is 16.0 Å². The Labute approximate surface area is 118 Å². The van der Waals surface area contributed by atoms with Crippen molar-refractivity contribution in [2.75, 3.05) is 6.54 Å². The van der Waals surface area contributed by atoms with Crippen molar-refractivity contribution in [3.05, 3.63) is 16.6 Å². The maximum Gasteiger partial charge on any atom is 0.326 e. The van der Waals surface area contributed by atoms with Crippen LogP contribution in [0.4, 0.5) is 4.79 Å². The lowest BCUT2D eigenvalue weighted by atomic mass is 10.1. The predicted molar refractivity (Wildman–Crippen MR) is 70.6 cm³/mol. The molecule has 1 aromatic rings. The van der Waals surface area contributed by atoms with E-state index in [0.717, 1.165) is 5.69 Å². The number of carboxylic acids is 2. The van der Waals surface area contributed by atoms with E-state index in [9.17, 15) is 14.4 Å². The van der Waals surface area contributed by atoms with Crippen molar-refractivity contribution in [2.45, 2.75) is 25.3 Å². The molecule has 0 aliphatic rings. The van der Waals surface area contributed by atoms with E-state index in [1.807, 2.05) is 5.38 Å². The highest BCUT2D eigenvalue weighted by Gasteiger charge is 2.20. The van der Waals surface area contributed by atoms with Gasteiger partial charge >= 0.3 is 18.0 Å². The largest absolute Gasteiger partial charge is 0.481 e. The van der Waals surface area contributed by atoms with Crippen LogP contribution in [0.2, 0.25) is 0 Å². The quantitative estimate of drug-likeness (QED) is 0.546. The summed E-state index contributed by atoms with van der Waals surface area (Å²) >= 11 is 1.45. The van der Waals surface area contributed by atoms with Crippen LogP contribution in [0, 0.1) is 0 Å². The van der Waals surface area contributed by atoms with Gasteiger partial charge in [0.05, 0.1) is 11.2 Å². The summed E-state index contributed by atoms with van der Waals surface area (Å²) in [6.07, 6.45) is 0.0596. The maximum absolute atomic E-state index is 11.5. The zero-order chi connectivity index (χ0) is 15.0. The number of hydrogen-bond donors (Lipinski definition) is 4. The summed E-state index contributed by atoms with van der Waals surface area (Å²) in [7, 11) is 0. The molecular formula is C11H15N3O5S. The number of carboxylic acid groups (broad SMARTS) is 2. The Hall–Kier alpha value is -2.16. The predicted octanol–water partition coefficient (Wildman–Crippen LogP) is 0.303. The number of hydrogen-bond acceptors (Lipinski definition) is 5. The highest BCUT2D eigenvalue weighted by molar-refractivity contribution is 7.07. The van der Waals surface area contributed by atoms with Crippen molar-refractivity contribution in [3.63, 3.8) is 0 Å². The molecule has 1 atom stereocenters. The summed E-state index contributed by atoms with van der Waals surface area (Å²) < 4.78 is 0. The molecule has 0 fully saturated rings. The van der Waals surface area contributed by atoms with Gasteiger partial charge in [-0.3, -0.25) is 4.79 Å². The summed E-state index contributed by atoms with van der Waals surface area (Å²) in [6.45, 7) is 0.320. The second kappa shape index (κ2) is 8.10. The van der Waals surface area contributed by atoms with E-state index in [0.29, 0.717) is 13.0 Å². The molecule has 20 heavy (non-hydrogen) atoms. The van der Waals surface area contributed by atoms with Gasteiger partial charge in [-0.1, -0.05) is 0 Å². The Bertz CT molecular complexity index is 463. The number of carbonyl (C=O) groups excluding carboxylic acids is 1. The van der Waals surface area contributed by atoms with Crippen LogP contribution in [0.1, 0.15) is 18.5 Å². The van der Waals surface area contributed by atoms with Gasteiger partial charge < -0.3 is 20.8 Å². The molecule has 0 bridgehead atoms. The Morgan fingerprint density at radius 2 is 2.10 bits per heavy atom. The van der Waals surface area contributed by atoms with E-state index < -0.39 is 24.0 Å². The number of urea groups is 1. The molecule has 0 spiro atoms.